The van der Waals surface area contributed by atoms with Gasteiger partial charge < -0.3 is 20.1 Å². The van der Waals surface area contributed by atoms with Gasteiger partial charge in [-0.15, -0.1) is 0 Å². The zero-order valence-electron chi connectivity index (χ0n) is 15.3. The second-order valence-corrected chi connectivity index (χ2v) is 6.36. The van der Waals surface area contributed by atoms with Crippen molar-refractivity contribution in [2.75, 3.05) is 24.6 Å². The lowest BCUT2D eigenvalue weighted by Gasteiger charge is -2.30. The van der Waals surface area contributed by atoms with Crippen LogP contribution in [0.5, 0.6) is 5.75 Å². The average Bonchev–Trinajstić information content (AvgIpc) is 2.70. The van der Waals surface area contributed by atoms with E-state index in [0.717, 1.165) is 24.9 Å². The lowest BCUT2D eigenvalue weighted by Crippen LogP contribution is -2.30. The third-order valence-corrected chi connectivity index (χ3v) is 4.42. The summed E-state index contributed by atoms with van der Waals surface area (Å²) >= 11 is 0. The molecule has 2 aromatic rings. The molecule has 0 saturated carbocycles. The van der Waals surface area contributed by atoms with Crippen molar-refractivity contribution in [1.82, 2.24) is 10.3 Å². The van der Waals surface area contributed by atoms with Crippen LogP contribution in [-0.4, -0.2) is 41.7 Å². The van der Waals surface area contributed by atoms with Crippen molar-refractivity contribution < 1.29 is 19.4 Å². The zero-order valence-corrected chi connectivity index (χ0v) is 15.3. The smallest absolute Gasteiger partial charge is 0.335 e. The number of nitrogens with zero attached hydrogens (tertiary/aromatic N) is 2. The van der Waals surface area contributed by atoms with Crippen molar-refractivity contribution >= 4 is 23.4 Å². The van der Waals surface area contributed by atoms with Crippen molar-refractivity contribution in [2.24, 2.45) is 0 Å². The van der Waals surface area contributed by atoms with Crippen LogP contribution in [0.25, 0.3) is 0 Å². The highest BCUT2D eigenvalue weighted by Gasteiger charge is 2.23. The van der Waals surface area contributed by atoms with E-state index in [1.807, 2.05) is 4.90 Å². The Bertz CT molecular complexity index is 820. The van der Waals surface area contributed by atoms with Gasteiger partial charge in [0, 0.05) is 18.4 Å². The molecule has 0 fully saturated rings. The van der Waals surface area contributed by atoms with E-state index in [4.69, 9.17) is 9.84 Å². The minimum Gasteiger partial charge on any atom is -0.488 e. The van der Waals surface area contributed by atoms with Crippen LogP contribution in [0.3, 0.4) is 0 Å². The number of aromatic carboxylic acids is 1. The number of hydrogen-bond acceptors (Lipinski definition) is 5. The molecule has 1 aliphatic heterocycles. The normalized spacial score (nSPS) is 12.9. The molecule has 2 heterocycles. The molecule has 7 heteroatoms. The zero-order chi connectivity index (χ0) is 19.2. The lowest BCUT2D eigenvalue weighted by atomic mass is 10.1. The number of anilines is 2. The molecule has 1 aromatic carbocycles. The van der Waals surface area contributed by atoms with Crippen LogP contribution >= 0.6 is 0 Å². The van der Waals surface area contributed by atoms with Crippen molar-refractivity contribution in [3.05, 3.63) is 47.7 Å². The van der Waals surface area contributed by atoms with E-state index >= 15 is 0 Å². The van der Waals surface area contributed by atoms with E-state index in [1.54, 1.807) is 36.5 Å². The summed E-state index contributed by atoms with van der Waals surface area (Å²) in [7, 11) is 0. The molecule has 1 aliphatic rings. The predicted octanol–water partition coefficient (Wildman–Crippen LogP) is 3.23. The number of fused-ring (bicyclic) bond motifs is 1. The molecular formula is C20H23N3O4. The number of amides is 1. The maximum absolute atomic E-state index is 12.3. The Morgan fingerprint density at radius 3 is 2.70 bits per heavy atom. The molecule has 2 N–H and O–H groups in total. The van der Waals surface area contributed by atoms with E-state index < -0.39 is 5.97 Å². The van der Waals surface area contributed by atoms with Crippen LogP contribution in [0.2, 0.25) is 0 Å². The molecule has 0 aliphatic carbocycles. The number of hydrogen-bond donors (Lipinski definition) is 2. The standard InChI is InChI=1S/C20H23N3O4/c1-2-3-4-9-21-19(24)15-12-17-18(22-13-15)23(10-11-27-17)16-7-5-14(6-8-16)20(25)26/h5-8,12-13H,2-4,9-11H2,1H3,(H,21,24)(H,25,26). The van der Waals surface area contributed by atoms with Crippen molar-refractivity contribution in [3.8, 4) is 5.75 Å². The summed E-state index contributed by atoms with van der Waals surface area (Å²) in [6.45, 7) is 3.81. The van der Waals surface area contributed by atoms with E-state index in [1.165, 1.54) is 0 Å². The number of carbonyl (C=O) groups excluding carboxylic acids is 1. The number of pyridine rings is 1. The van der Waals surface area contributed by atoms with Gasteiger partial charge in [-0.1, -0.05) is 19.8 Å². The number of nitrogens with one attached hydrogen (secondary N) is 1. The second kappa shape index (κ2) is 8.53. The van der Waals surface area contributed by atoms with Crippen LogP contribution in [0.4, 0.5) is 11.5 Å². The number of ether oxygens (including phenoxy) is 1. The molecule has 0 bridgehead atoms. The number of rotatable bonds is 7. The molecule has 3 rings (SSSR count). The van der Waals surface area contributed by atoms with Gasteiger partial charge in [-0.2, -0.15) is 0 Å². The Kier molecular flexibility index (Phi) is 5.90. The summed E-state index contributed by atoms with van der Waals surface area (Å²) in [4.78, 5) is 29.7. The number of carboxylic acids is 1. The largest absolute Gasteiger partial charge is 0.488 e. The van der Waals surface area contributed by atoms with Crippen LogP contribution in [0.1, 0.15) is 46.9 Å². The monoisotopic (exact) mass is 369 g/mol. The predicted molar refractivity (Wildman–Crippen MR) is 102 cm³/mol. The molecule has 142 valence electrons. The van der Waals surface area contributed by atoms with Gasteiger partial charge in [-0.25, -0.2) is 9.78 Å². The highest BCUT2D eigenvalue weighted by atomic mass is 16.5. The maximum atomic E-state index is 12.3. The fourth-order valence-corrected chi connectivity index (χ4v) is 2.94. The molecule has 0 spiro atoms. The van der Waals surface area contributed by atoms with E-state index in [2.05, 4.69) is 17.2 Å². The van der Waals surface area contributed by atoms with Crippen LogP contribution < -0.4 is 15.0 Å². The molecular weight excluding hydrogens is 346 g/mol. The summed E-state index contributed by atoms with van der Waals surface area (Å²) in [5, 5.41) is 11.9. The topological polar surface area (TPSA) is 91.8 Å². The van der Waals surface area contributed by atoms with E-state index in [0.29, 0.717) is 36.8 Å². The van der Waals surface area contributed by atoms with Gasteiger partial charge in [0.15, 0.2) is 11.6 Å². The highest BCUT2D eigenvalue weighted by Crippen LogP contribution is 2.35. The number of benzene rings is 1. The average molecular weight is 369 g/mol. The van der Waals surface area contributed by atoms with Gasteiger partial charge in [0.2, 0.25) is 0 Å². The van der Waals surface area contributed by atoms with Gasteiger partial charge in [-0.05, 0) is 36.8 Å². The molecule has 0 unspecified atom stereocenters. The number of carbonyl (C=O) groups is 2. The number of unbranched alkanes of at least 4 members (excludes halogenated alkanes) is 2. The first kappa shape index (κ1) is 18.7. The molecule has 0 radical (unpaired) electrons. The quantitative estimate of drug-likeness (QED) is 0.728. The Morgan fingerprint density at radius 1 is 1.22 bits per heavy atom. The van der Waals surface area contributed by atoms with E-state index in [9.17, 15) is 9.59 Å². The van der Waals surface area contributed by atoms with Gasteiger partial charge in [0.05, 0.1) is 17.7 Å². The number of aromatic nitrogens is 1. The molecule has 1 aromatic heterocycles. The van der Waals surface area contributed by atoms with Crippen LogP contribution in [0.15, 0.2) is 36.5 Å². The Balaban J connectivity index is 1.76. The third-order valence-electron chi connectivity index (χ3n) is 4.42. The molecule has 7 nitrogen and oxygen atoms in total. The minimum absolute atomic E-state index is 0.159. The summed E-state index contributed by atoms with van der Waals surface area (Å²) in [6.07, 6.45) is 4.69. The van der Waals surface area contributed by atoms with Crippen LogP contribution in [-0.2, 0) is 0 Å². The van der Waals surface area contributed by atoms with Gasteiger partial charge in [0.25, 0.3) is 5.91 Å². The minimum atomic E-state index is -0.961. The fraction of sp³-hybridized carbons (Fsp3) is 0.350. The fourth-order valence-electron chi connectivity index (χ4n) is 2.94. The SMILES string of the molecule is CCCCCNC(=O)c1cnc2c(c1)OCCN2c1ccc(C(=O)O)cc1. The molecule has 0 atom stereocenters. The van der Waals surface area contributed by atoms with Crippen molar-refractivity contribution in [1.29, 1.82) is 0 Å². The first-order valence-corrected chi connectivity index (χ1v) is 9.12. The Labute approximate surface area is 158 Å². The molecule has 0 saturated heterocycles. The van der Waals surface area contributed by atoms with E-state index in [-0.39, 0.29) is 11.5 Å². The summed E-state index contributed by atoms with van der Waals surface area (Å²) in [5.41, 5.74) is 1.53. The van der Waals surface area contributed by atoms with Crippen molar-refractivity contribution in [3.63, 3.8) is 0 Å². The number of carboxylic acid groups (broad SMARTS) is 1. The highest BCUT2D eigenvalue weighted by molar-refractivity contribution is 5.95. The summed E-state index contributed by atoms with van der Waals surface area (Å²) in [6, 6.07) is 8.31. The maximum Gasteiger partial charge on any atom is 0.335 e. The second-order valence-electron chi connectivity index (χ2n) is 6.36. The Morgan fingerprint density at radius 2 is 2.00 bits per heavy atom. The third kappa shape index (κ3) is 4.36. The van der Waals surface area contributed by atoms with Gasteiger partial charge in [-0.3, -0.25) is 4.79 Å². The van der Waals surface area contributed by atoms with Gasteiger partial charge in [0.1, 0.15) is 6.61 Å². The van der Waals surface area contributed by atoms with Crippen molar-refractivity contribution in [2.45, 2.75) is 26.2 Å². The first-order chi connectivity index (χ1) is 13.1. The summed E-state index contributed by atoms with van der Waals surface area (Å²) < 4.78 is 5.69. The Hall–Kier alpha value is -3.09. The van der Waals surface area contributed by atoms with Gasteiger partial charge >= 0.3 is 5.97 Å². The molecule has 1 amide bonds. The summed E-state index contributed by atoms with van der Waals surface area (Å²) in [5.74, 6) is 0.0428. The first-order valence-electron chi connectivity index (χ1n) is 9.12. The molecule has 27 heavy (non-hydrogen) atoms. The van der Waals surface area contributed by atoms with Crippen LogP contribution in [0, 0.1) is 0 Å². The lowest BCUT2D eigenvalue weighted by molar-refractivity contribution is 0.0696.